The highest BCUT2D eigenvalue weighted by Crippen LogP contribution is 2.42. The molecule has 10 heteroatoms. The number of carboxylic acids is 1. The summed E-state index contributed by atoms with van der Waals surface area (Å²) in [5, 5.41) is 9.21. The van der Waals surface area contributed by atoms with Crippen molar-refractivity contribution < 1.29 is 18.3 Å². The molecule has 1 aromatic heterocycles. The first-order valence-corrected chi connectivity index (χ1v) is 10.5. The van der Waals surface area contributed by atoms with E-state index in [1.54, 1.807) is 0 Å². The Morgan fingerprint density at radius 2 is 2.19 bits per heavy atom. The second-order valence-electron chi connectivity index (χ2n) is 4.84. The number of carboxylic acid groups (broad SMARTS) is 1. The first-order valence-electron chi connectivity index (χ1n) is 5.99. The van der Waals surface area contributed by atoms with Gasteiger partial charge in [0.05, 0.1) is 14.2 Å². The van der Waals surface area contributed by atoms with Gasteiger partial charge in [0.25, 0.3) is 10.0 Å². The lowest BCUT2D eigenvalue weighted by Gasteiger charge is -2.28. The van der Waals surface area contributed by atoms with Crippen LogP contribution in [0.3, 0.4) is 0 Å². The van der Waals surface area contributed by atoms with Gasteiger partial charge in [-0.25, -0.2) is 8.42 Å². The maximum atomic E-state index is 12.8. The SMILES string of the molecule is CC(C)C1SCC(C(=O)O)N1S(=O)(=O)c1cc(Cl)c(Br)s1. The molecule has 1 fully saturated rings. The van der Waals surface area contributed by atoms with E-state index < -0.39 is 27.4 Å². The number of hydrogen-bond acceptors (Lipinski definition) is 5. The van der Waals surface area contributed by atoms with E-state index in [-0.39, 0.29) is 15.9 Å². The lowest BCUT2D eigenvalue weighted by Crippen LogP contribution is -2.46. The molecule has 2 rings (SSSR count). The molecule has 5 nitrogen and oxygen atoms in total. The van der Waals surface area contributed by atoms with Gasteiger partial charge in [0.1, 0.15) is 10.3 Å². The van der Waals surface area contributed by atoms with Crippen LogP contribution in [0.5, 0.6) is 0 Å². The third-order valence-corrected chi connectivity index (χ3v) is 9.56. The molecule has 0 bridgehead atoms. The predicted molar refractivity (Wildman–Crippen MR) is 88.6 cm³/mol. The maximum Gasteiger partial charge on any atom is 0.322 e. The van der Waals surface area contributed by atoms with E-state index in [0.29, 0.717) is 8.81 Å². The molecule has 2 unspecified atom stereocenters. The van der Waals surface area contributed by atoms with Crippen LogP contribution in [0, 0.1) is 5.92 Å². The number of hydrogen-bond donors (Lipinski definition) is 1. The molecule has 0 aliphatic carbocycles. The largest absolute Gasteiger partial charge is 0.480 e. The zero-order chi connectivity index (χ0) is 15.9. The number of halogens is 2. The Kier molecular flexibility index (Phi) is 5.32. The van der Waals surface area contributed by atoms with Crippen LogP contribution >= 0.6 is 50.6 Å². The van der Waals surface area contributed by atoms with Crippen LogP contribution < -0.4 is 0 Å². The normalized spacial score (nSPS) is 23.9. The van der Waals surface area contributed by atoms with Crippen LogP contribution in [-0.2, 0) is 14.8 Å². The molecule has 0 saturated carbocycles. The molecule has 1 aliphatic rings. The minimum atomic E-state index is -3.89. The minimum Gasteiger partial charge on any atom is -0.480 e. The van der Waals surface area contributed by atoms with E-state index >= 15 is 0 Å². The molecule has 2 heterocycles. The van der Waals surface area contributed by atoms with Crippen molar-refractivity contribution in [3.63, 3.8) is 0 Å². The molecule has 0 amide bonds. The van der Waals surface area contributed by atoms with Gasteiger partial charge in [-0.15, -0.1) is 23.1 Å². The Morgan fingerprint density at radius 3 is 2.62 bits per heavy atom. The summed E-state index contributed by atoms with van der Waals surface area (Å²) in [5.74, 6) is -0.874. The number of rotatable bonds is 4. The molecule has 1 aliphatic heterocycles. The first-order chi connectivity index (χ1) is 9.66. The van der Waals surface area contributed by atoms with E-state index in [0.717, 1.165) is 15.6 Å². The minimum absolute atomic E-state index is 0.00741. The van der Waals surface area contributed by atoms with Crippen molar-refractivity contribution in [3.05, 3.63) is 14.9 Å². The van der Waals surface area contributed by atoms with Gasteiger partial charge >= 0.3 is 5.97 Å². The molecular formula is C11H13BrClNO4S3. The summed E-state index contributed by atoms with van der Waals surface area (Å²) in [6.45, 7) is 3.75. The van der Waals surface area contributed by atoms with Gasteiger partial charge in [-0.05, 0) is 27.9 Å². The van der Waals surface area contributed by atoms with Crippen molar-refractivity contribution in [2.45, 2.75) is 29.5 Å². The summed E-state index contributed by atoms with van der Waals surface area (Å²) in [4.78, 5) is 11.4. The van der Waals surface area contributed by atoms with Crippen molar-refractivity contribution in [3.8, 4) is 0 Å². The van der Waals surface area contributed by atoms with Crippen LogP contribution in [0.1, 0.15) is 13.8 Å². The Balaban J connectivity index is 2.49. The van der Waals surface area contributed by atoms with Crippen molar-refractivity contribution in [1.82, 2.24) is 4.31 Å². The third kappa shape index (κ3) is 3.28. The van der Waals surface area contributed by atoms with Gasteiger partial charge < -0.3 is 5.11 Å². The average molecular weight is 435 g/mol. The Hall–Kier alpha value is 0.200. The molecule has 1 N–H and O–H groups in total. The number of sulfonamides is 1. The smallest absolute Gasteiger partial charge is 0.322 e. The Morgan fingerprint density at radius 1 is 1.57 bits per heavy atom. The third-order valence-electron chi connectivity index (χ3n) is 2.99. The van der Waals surface area contributed by atoms with E-state index in [1.807, 2.05) is 13.8 Å². The number of aliphatic carboxylic acids is 1. The fourth-order valence-corrected chi connectivity index (χ4v) is 8.26. The van der Waals surface area contributed by atoms with E-state index in [1.165, 1.54) is 17.8 Å². The number of thiophene rings is 1. The summed E-state index contributed by atoms with van der Waals surface area (Å²) in [6.07, 6.45) is 0. The molecule has 118 valence electrons. The number of nitrogens with zero attached hydrogens (tertiary/aromatic N) is 1. The molecule has 21 heavy (non-hydrogen) atoms. The quantitative estimate of drug-likeness (QED) is 0.786. The maximum absolute atomic E-state index is 12.8. The van der Waals surface area contributed by atoms with Crippen LogP contribution in [0.15, 0.2) is 14.1 Å². The molecule has 0 aromatic carbocycles. The fourth-order valence-electron chi connectivity index (χ4n) is 2.04. The van der Waals surface area contributed by atoms with Crippen molar-refractivity contribution in [2.75, 3.05) is 5.75 Å². The molecular weight excluding hydrogens is 422 g/mol. The van der Waals surface area contributed by atoms with Gasteiger partial charge in [0.2, 0.25) is 0 Å². The monoisotopic (exact) mass is 433 g/mol. The molecule has 0 radical (unpaired) electrons. The summed E-state index contributed by atoms with van der Waals surface area (Å²) >= 11 is 11.4. The highest BCUT2D eigenvalue weighted by atomic mass is 79.9. The van der Waals surface area contributed by atoms with Crippen LogP contribution in [0.2, 0.25) is 5.02 Å². The molecule has 0 spiro atoms. The number of carbonyl (C=O) groups is 1. The number of thioether (sulfide) groups is 1. The van der Waals surface area contributed by atoms with E-state index in [2.05, 4.69) is 15.9 Å². The summed E-state index contributed by atoms with van der Waals surface area (Å²) in [6, 6.07) is 0.303. The predicted octanol–water partition coefficient (Wildman–Crippen LogP) is 3.34. The highest BCUT2D eigenvalue weighted by Gasteiger charge is 2.48. The topological polar surface area (TPSA) is 74.7 Å². The Labute approximate surface area is 144 Å². The highest BCUT2D eigenvalue weighted by molar-refractivity contribution is 9.11. The molecule has 1 saturated heterocycles. The van der Waals surface area contributed by atoms with Crippen molar-refractivity contribution >= 4 is 66.6 Å². The molecule has 1 aromatic rings. The second-order valence-corrected chi connectivity index (χ2v) is 10.8. The fraction of sp³-hybridized carbons (Fsp3) is 0.545. The van der Waals surface area contributed by atoms with Crippen LogP contribution in [0.25, 0.3) is 0 Å². The first kappa shape index (κ1) is 17.6. The van der Waals surface area contributed by atoms with Gasteiger partial charge in [0, 0.05) is 5.75 Å². The van der Waals surface area contributed by atoms with Crippen molar-refractivity contribution in [2.24, 2.45) is 5.92 Å². The van der Waals surface area contributed by atoms with Gasteiger partial charge in [0.15, 0.2) is 0 Å². The van der Waals surface area contributed by atoms with E-state index in [9.17, 15) is 18.3 Å². The standard InChI is InChI=1S/C11H13BrClNO4S3/c1-5(2)10-14(7(4-19-10)11(15)16)21(17,18)8-3-6(13)9(12)20-8/h3,5,7,10H,4H2,1-2H3,(H,15,16). The van der Waals surface area contributed by atoms with Crippen LogP contribution in [-0.4, -0.2) is 41.0 Å². The average Bonchev–Trinajstić information content (AvgIpc) is 2.94. The van der Waals surface area contributed by atoms with E-state index in [4.69, 9.17) is 11.6 Å². The zero-order valence-corrected chi connectivity index (χ0v) is 15.9. The zero-order valence-electron chi connectivity index (χ0n) is 11.1. The summed E-state index contributed by atoms with van der Waals surface area (Å²) in [5.41, 5.74) is 0. The lowest BCUT2D eigenvalue weighted by molar-refractivity contribution is -0.140. The summed E-state index contributed by atoms with van der Waals surface area (Å²) < 4.78 is 27.3. The van der Waals surface area contributed by atoms with Crippen LogP contribution in [0.4, 0.5) is 0 Å². The Bertz CT molecular complexity index is 641. The summed E-state index contributed by atoms with van der Waals surface area (Å²) in [7, 11) is -3.89. The molecule has 2 atom stereocenters. The van der Waals surface area contributed by atoms with Crippen molar-refractivity contribution in [1.29, 1.82) is 0 Å². The lowest BCUT2D eigenvalue weighted by atomic mass is 10.2. The van der Waals surface area contributed by atoms with Gasteiger partial charge in [-0.1, -0.05) is 25.4 Å². The van der Waals surface area contributed by atoms with Gasteiger partial charge in [-0.3, -0.25) is 4.79 Å². The van der Waals surface area contributed by atoms with Gasteiger partial charge in [-0.2, -0.15) is 4.31 Å². The second kappa shape index (κ2) is 6.37.